The molecule has 0 bridgehead atoms. The van der Waals surface area contributed by atoms with E-state index in [4.69, 9.17) is 5.73 Å². The Hall–Kier alpha value is -1.88. The number of hydrogen-bond acceptors (Lipinski definition) is 3. The molecule has 1 atom stereocenters. The first-order chi connectivity index (χ1) is 9.52. The Bertz CT molecular complexity index is 460. The lowest BCUT2D eigenvalue weighted by atomic mass is 10.1. The minimum absolute atomic E-state index is 0.0240. The maximum Gasteiger partial charge on any atom is 0.221 e. The van der Waals surface area contributed by atoms with Gasteiger partial charge in [-0.1, -0.05) is 12.1 Å². The van der Waals surface area contributed by atoms with Crippen LogP contribution in [-0.2, 0) is 9.59 Å². The summed E-state index contributed by atoms with van der Waals surface area (Å²) in [5.74, 6) is -0.0866. The fourth-order valence-electron chi connectivity index (χ4n) is 1.92. The number of nitrogens with one attached hydrogen (secondary N) is 2. The molecular weight excluding hydrogens is 254 g/mol. The Balaban J connectivity index is 2.56. The molecule has 0 aliphatic rings. The summed E-state index contributed by atoms with van der Waals surface area (Å²) in [5, 5.41) is 5.67. The van der Waals surface area contributed by atoms with Gasteiger partial charge in [0.25, 0.3) is 0 Å². The molecular formula is C15H23N3O2. The number of nitrogens with two attached hydrogens (primary N) is 1. The van der Waals surface area contributed by atoms with E-state index < -0.39 is 0 Å². The molecule has 0 spiro atoms. The predicted octanol–water partition coefficient (Wildman–Crippen LogP) is 1.95. The standard InChI is InChI=1S/C15H23N3O2/c1-11(17-15(20)8-3-4-9-16)13-6-5-7-14(10-13)18-12(2)19/h5-7,10-11H,3-4,8-9,16H2,1-2H3,(H,17,20)(H,18,19). The quantitative estimate of drug-likeness (QED) is 0.666. The Morgan fingerprint density at radius 1 is 1.30 bits per heavy atom. The van der Waals surface area contributed by atoms with Crippen LogP contribution in [-0.4, -0.2) is 18.4 Å². The van der Waals surface area contributed by atoms with Crippen molar-refractivity contribution in [3.05, 3.63) is 29.8 Å². The summed E-state index contributed by atoms with van der Waals surface area (Å²) in [6.07, 6.45) is 2.16. The molecule has 0 fully saturated rings. The Morgan fingerprint density at radius 3 is 2.70 bits per heavy atom. The molecule has 0 aromatic heterocycles. The molecule has 20 heavy (non-hydrogen) atoms. The second kappa shape index (κ2) is 8.32. The van der Waals surface area contributed by atoms with Gasteiger partial charge in [-0.05, 0) is 44.0 Å². The molecule has 0 aliphatic heterocycles. The summed E-state index contributed by atoms with van der Waals surface area (Å²) in [6, 6.07) is 7.38. The van der Waals surface area contributed by atoms with Crippen LogP contribution in [0, 0.1) is 0 Å². The highest BCUT2D eigenvalue weighted by Crippen LogP contribution is 2.17. The van der Waals surface area contributed by atoms with Crippen molar-refractivity contribution < 1.29 is 9.59 Å². The molecule has 1 aromatic rings. The lowest BCUT2D eigenvalue weighted by Gasteiger charge is -2.15. The molecule has 0 saturated carbocycles. The van der Waals surface area contributed by atoms with Crippen LogP contribution in [0.2, 0.25) is 0 Å². The van der Waals surface area contributed by atoms with E-state index in [1.54, 1.807) is 0 Å². The highest BCUT2D eigenvalue weighted by atomic mass is 16.2. The molecule has 1 unspecified atom stereocenters. The molecule has 4 N–H and O–H groups in total. The van der Waals surface area contributed by atoms with Crippen LogP contribution in [0.15, 0.2) is 24.3 Å². The SMILES string of the molecule is CC(=O)Nc1cccc(C(C)NC(=O)CCCCN)c1. The van der Waals surface area contributed by atoms with Crippen LogP contribution in [0.1, 0.15) is 44.7 Å². The molecule has 1 aromatic carbocycles. The maximum atomic E-state index is 11.7. The first kappa shape index (κ1) is 16.2. The number of amides is 2. The van der Waals surface area contributed by atoms with Gasteiger partial charge in [0.1, 0.15) is 0 Å². The number of anilines is 1. The van der Waals surface area contributed by atoms with Crippen LogP contribution in [0.25, 0.3) is 0 Å². The van der Waals surface area contributed by atoms with Crippen molar-refractivity contribution in [3.63, 3.8) is 0 Å². The zero-order valence-corrected chi connectivity index (χ0v) is 12.1. The van der Waals surface area contributed by atoms with Crippen molar-refractivity contribution in [2.75, 3.05) is 11.9 Å². The fraction of sp³-hybridized carbons (Fsp3) is 0.467. The Kier molecular flexibility index (Phi) is 6.73. The topological polar surface area (TPSA) is 84.2 Å². The van der Waals surface area contributed by atoms with Gasteiger partial charge in [0.2, 0.25) is 11.8 Å². The molecule has 0 radical (unpaired) electrons. The molecule has 5 nitrogen and oxygen atoms in total. The van der Waals surface area contributed by atoms with Gasteiger partial charge in [-0.25, -0.2) is 0 Å². The van der Waals surface area contributed by atoms with Crippen LogP contribution >= 0.6 is 0 Å². The van der Waals surface area contributed by atoms with Crippen molar-refractivity contribution in [2.24, 2.45) is 5.73 Å². The minimum Gasteiger partial charge on any atom is -0.350 e. The first-order valence-corrected chi connectivity index (χ1v) is 6.90. The van der Waals surface area contributed by atoms with Gasteiger partial charge in [0.05, 0.1) is 6.04 Å². The zero-order chi connectivity index (χ0) is 15.0. The van der Waals surface area contributed by atoms with Crippen LogP contribution < -0.4 is 16.4 Å². The predicted molar refractivity (Wildman–Crippen MR) is 80.2 cm³/mol. The lowest BCUT2D eigenvalue weighted by Crippen LogP contribution is -2.26. The second-order valence-electron chi connectivity index (χ2n) is 4.84. The Morgan fingerprint density at radius 2 is 2.05 bits per heavy atom. The van der Waals surface area contributed by atoms with Gasteiger partial charge in [-0.2, -0.15) is 0 Å². The van der Waals surface area contributed by atoms with Gasteiger partial charge in [-0.15, -0.1) is 0 Å². The summed E-state index contributed by atoms with van der Waals surface area (Å²) in [4.78, 5) is 22.8. The van der Waals surface area contributed by atoms with Crippen molar-refractivity contribution in [1.82, 2.24) is 5.32 Å². The number of benzene rings is 1. The normalized spacial score (nSPS) is 11.8. The molecule has 110 valence electrons. The highest BCUT2D eigenvalue weighted by molar-refractivity contribution is 5.88. The van der Waals surface area contributed by atoms with Crippen LogP contribution in [0.4, 0.5) is 5.69 Å². The largest absolute Gasteiger partial charge is 0.350 e. The summed E-state index contributed by atoms with van der Waals surface area (Å²) in [7, 11) is 0. The molecule has 1 rings (SSSR count). The minimum atomic E-state index is -0.111. The summed E-state index contributed by atoms with van der Waals surface area (Å²) < 4.78 is 0. The van der Waals surface area contributed by atoms with Gasteiger partial charge in [0.15, 0.2) is 0 Å². The monoisotopic (exact) mass is 277 g/mol. The van der Waals surface area contributed by atoms with E-state index in [1.165, 1.54) is 6.92 Å². The van der Waals surface area contributed by atoms with Gasteiger partial charge >= 0.3 is 0 Å². The summed E-state index contributed by atoms with van der Waals surface area (Å²) in [5.41, 5.74) is 7.09. The number of carbonyl (C=O) groups is 2. The number of carbonyl (C=O) groups excluding carboxylic acids is 2. The van der Waals surface area contributed by atoms with Crippen LogP contribution in [0.5, 0.6) is 0 Å². The summed E-state index contributed by atoms with van der Waals surface area (Å²) in [6.45, 7) is 4.00. The summed E-state index contributed by atoms with van der Waals surface area (Å²) >= 11 is 0. The molecule has 5 heteroatoms. The van der Waals surface area contributed by atoms with E-state index in [-0.39, 0.29) is 17.9 Å². The van der Waals surface area contributed by atoms with E-state index in [0.717, 1.165) is 24.1 Å². The third-order valence-electron chi connectivity index (χ3n) is 2.94. The Labute approximate surface area is 119 Å². The van der Waals surface area contributed by atoms with Crippen molar-refractivity contribution in [1.29, 1.82) is 0 Å². The highest BCUT2D eigenvalue weighted by Gasteiger charge is 2.10. The average Bonchev–Trinajstić information content (AvgIpc) is 2.38. The van der Waals surface area contributed by atoms with Crippen molar-refractivity contribution >= 4 is 17.5 Å². The molecule has 0 aliphatic carbocycles. The zero-order valence-electron chi connectivity index (χ0n) is 12.1. The van der Waals surface area contributed by atoms with Gasteiger partial charge < -0.3 is 16.4 Å². The van der Waals surface area contributed by atoms with Gasteiger partial charge in [-0.3, -0.25) is 9.59 Å². The third kappa shape index (κ3) is 5.84. The lowest BCUT2D eigenvalue weighted by molar-refractivity contribution is -0.121. The van der Waals surface area contributed by atoms with E-state index >= 15 is 0 Å². The van der Waals surface area contributed by atoms with Gasteiger partial charge in [0, 0.05) is 19.0 Å². The molecule has 2 amide bonds. The molecule has 0 heterocycles. The number of unbranched alkanes of at least 4 members (excludes halogenated alkanes) is 1. The average molecular weight is 277 g/mol. The van der Waals surface area contributed by atoms with Crippen LogP contribution in [0.3, 0.4) is 0 Å². The third-order valence-corrected chi connectivity index (χ3v) is 2.94. The second-order valence-corrected chi connectivity index (χ2v) is 4.84. The van der Waals surface area contributed by atoms with E-state index in [2.05, 4.69) is 10.6 Å². The smallest absolute Gasteiger partial charge is 0.221 e. The number of hydrogen-bond donors (Lipinski definition) is 3. The van der Waals surface area contributed by atoms with E-state index in [0.29, 0.717) is 13.0 Å². The fourth-order valence-corrected chi connectivity index (χ4v) is 1.92. The molecule has 0 saturated heterocycles. The van der Waals surface area contributed by atoms with E-state index in [9.17, 15) is 9.59 Å². The van der Waals surface area contributed by atoms with Crippen molar-refractivity contribution in [2.45, 2.75) is 39.2 Å². The van der Waals surface area contributed by atoms with E-state index in [1.807, 2.05) is 31.2 Å². The van der Waals surface area contributed by atoms with Crippen molar-refractivity contribution in [3.8, 4) is 0 Å². The number of rotatable bonds is 7. The first-order valence-electron chi connectivity index (χ1n) is 6.90. The maximum absolute atomic E-state index is 11.7.